The number of nitrogens with zero attached hydrogens (tertiary/aromatic N) is 2. The van der Waals surface area contributed by atoms with Gasteiger partial charge in [-0.25, -0.2) is 19.6 Å². The molecule has 0 unspecified atom stereocenters. The van der Waals surface area contributed by atoms with E-state index < -0.39 is 11.9 Å². The first-order valence-corrected chi connectivity index (χ1v) is 11.1. The second-order valence-electron chi connectivity index (χ2n) is 5.95. The number of amides is 2. The SMILES string of the molecule is CCOC(=O)c1cc(Cl)c(Cl)c(CNC=O)n1.CCOC(=O)c1nc(CNC=O)cc(Cl)c1Cl. The van der Waals surface area contributed by atoms with E-state index in [1.54, 1.807) is 13.8 Å². The zero-order valence-corrected chi connectivity index (χ0v) is 21.0. The first kappa shape index (κ1) is 29.4. The van der Waals surface area contributed by atoms with Crippen LogP contribution in [0.4, 0.5) is 0 Å². The normalized spacial score (nSPS) is 9.82. The molecule has 0 radical (unpaired) electrons. The summed E-state index contributed by atoms with van der Waals surface area (Å²) in [6.07, 6.45) is 1.02. The number of ether oxygens (including phenoxy) is 2. The van der Waals surface area contributed by atoms with Gasteiger partial charge in [0.25, 0.3) is 0 Å². The van der Waals surface area contributed by atoms with E-state index >= 15 is 0 Å². The molecule has 2 rings (SSSR count). The van der Waals surface area contributed by atoms with Crippen molar-refractivity contribution in [2.75, 3.05) is 13.2 Å². The van der Waals surface area contributed by atoms with E-state index in [4.69, 9.17) is 55.9 Å². The number of pyridine rings is 2. The van der Waals surface area contributed by atoms with Gasteiger partial charge in [-0.1, -0.05) is 46.4 Å². The van der Waals surface area contributed by atoms with E-state index in [1.165, 1.54) is 12.1 Å². The van der Waals surface area contributed by atoms with Crippen LogP contribution in [0.15, 0.2) is 12.1 Å². The minimum Gasteiger partial charge on any atom is -0.461 e. The van der Waals surface area contributed by atoms with Crippen molar-refractivity contribution >= 4 is 71.2 Å². The highest BCUT2D eigenvalue weighted by Crippen LogP contribution is 2.27. The number of carbonyl (C=O) groups is 4. The molecule has 34 heavy (non-hydrogen) atoms. The zero-order valence-electron chi connectivity index (χ0n) is 18.0. The largest absolute Gasteiger partial charge is 0.461 e. The Bertz CT molecular complexity index is 1040. The van der Waals surface area contributed by atoms with Crippen LogP contribution in [0, 0.1) is 0 Å². The van der Waals surface area contributed by atoms with Gasteiger partial charge in [-0.15, -0.1) is 0 Å². The fourth-order valence-electron chi connectivity index (χ4n) is 2.23. The lowest BCUT2D eigenvalue weighted by atomic mass is 10.3. The van der Waals surface area contributed by atoms with Gasteiger partial charge in [0.05, 0.1) is 57.8 Å². The summed E-state index contributed by atoms with van der Waals surface area (Å²) in [4.78, 5) is 51.3. The lowest BCUT2D eigenvalue weighted by Gasteiger charge is -2.07. The van der Waals surface area contributed by atoms with E-state index in [9.17, 15) is 19.2 Å². The van der Waals surface area contributed by atoms with Crippen LogP contribution < -0.4 is 10.6 Å². The fraction of sp³-hybridized carbons (Fsp3) is 0.300. The van der Waals surface area contributed by atoms with Gasteiger partial charge in [0.2, 0.25) is 12.8 Å². The molecule has 0 saturated carbocycles. The molecule has 0 aliphatic heterocycles. The van der Waals surface area contributed by atoms with Crippen molar-refractivity contribution < 1.29 is 28.7 Å². The third kappa shape index (κ3) is 8.94. The molecule has 0 aromatic carbocycles. The van der Waals surface area contributed by atoms with Crippen LogP contribution in [-0.2, 0) is 32.2 Å². The molecular weight excluding hydrogens is 534 g/mol. The summed E-state index contributed by atoms with van der Waals surface area (Å²) >= 11 is 23.4. The summed E-state index contributed by atoms with van der Waals surface area (Å²) in [5.74, 6) is -1.23. The Morgan fingerprint density at radius 3 is 2.00 bits per heavy atom. The van der Waals surface area contributed by atoms with E-state index in [0.29, 0.717) is 24.2 Å². The average molecular weight is 554 g/mol. The minimum atomic E-state index is -0.646. The first-order valence-electron chi connectivity index (χ1n) is 9.58. The van der Waals surface area contributed by atoms with E-state index in [2.05, 4.69) is 20.6 Å². The van der Waals surface area contributed by atoms with Gasteiger partial charge in [0.1, 0.15) is 5.69 Å². The minimum absolute atomic E-state index is 0.0416. The second kappa shape index (κ2) is 15.3. The van der Waals surface area contributed by atoms with Crippen molar-refractivity contribution in [1.82, 2.24) is 20.6 Å². The van der Waals surface area contributed by atoms with E-state index in [-0.39, 0.29) is 57.8 Å². The number of aromatic nitrogens is 2. The van der Waals surface area contributed by atoms with Gasteiger partial charge in [-0.05, 0) is 26.0 Å². The topological polar surface area (TPSA) is 137 Å². The van der Waals surface area contributed by atoms with Gasteiger partial charge >= 0.3 is 11.9 Å². The van der Waals surface area contributed by atoms with Gasteiger partial charge < -0.3 is 20.1 Å². The molecule has 0 spiro atoms. The number of esters is 2. The van der Waals surface area contributed by atoms with Gasteiger partial charge in [0.15, 0.2) is 5.69 Å². The third-order valence-electron chi connectivity index (χ3n) is 3.62. The molecule has 2 amide bonds. The number of hydrogen-bond donors (Lipinski definition) is 2. The van der Waals surface area contributed by atoms with Crippen molar-refractivity contribution in [3.8, 4) is 0 Å². The van der Waals surface area contributed by atoms with Crippen LogP contribution in [0.2, 0.25) is 20.1 Å². The summed E-state index contributed by atoms with van der Waals surface area (Å²) in [5.41, 5.74) is 0.747. The Balaban J connectivity index is 0.000000340. The molecule has 2 heterocycles. The Labute approximate surface area is 215 Å². The predicted octanol–water partition coefficient (Wildman–Crippen LogP) is 3.62. The molecule has 0 aliphatic carbocycles. The van der Waals surface area contributed by atoms with Crippen LogP contribution >= 0.6 is 46.4 Å². The molecule has 10 nitrogen and oxygen atoms in total. The van der Waals surface area contributed by atoms with Crippen LogP contribution in [0.5, 0.6) is 0 Å². The summed E-state index contributed by atoms with van der Waals surface area (Å²) in [6, 6.07) is 2.80. The molecule has 0 aliphatic rings. The highest BCUT2D eigenvalue weighted by Gasteiger charge is 2.18. The van der Waals surface area contributed by atoms with Gasteiger partial charge in [-0.2, -0.15) is 0 Å². The van der Waals surface area contributed by atoms with Crippen molar-refractivity contribution in [3.63, 3.8) is 0 Å². The molecule has 2 aromatic heterocycles. The van der Waals surface area contributed by atoms with Crippen LogP contribution in [0.25, 0.3) is 0 Å². The number of hydrogen-bond acceptors (Lipinski definition) is 8. The smallest absolute Gasteiger partial charge is 0.358 e. The molecule has 184 valence electrons. The maximum absolute atomic E-state index is 11.5. The lowest BCUT2D eigenvalue weighted by Crippen LogP contribution is -2.15. The number of rotatable bonds is 10. The molecule has 2 aromatic rings. The number of halogens is 4. The third-order valence-corrected chi connectivity index (χ3v) is 5.21. The Kier molecular flexibility index (Phi) is 13.2. The maximum Gasteiger partial charge on any atom is 0.358 e. The standard InChI is InChI=1S/2C10H10Cl2N2O3/c1-2-17-10(16)7-3-6(11)9(12)8(14-7)4-13-5-15;1-2-17-10(16)9-8(12)7(11)3-6(14-9)4-13-5-15/h2*3,5H,2,4H2,1H3,(H,13,15). The Hall–Kier alpha value is -2.66. The summed E-state index contributed by atoms with van der Waals surface area (Å²) in [6.45, 7) is 4.06. The van der Waals surface area contributed by atoms with Gasteiger partial charge in [0, 0.05) is 0 Å². The zero-order chi connectivity index (χ0) is 25.7. The highest BCUT2D eigenvalue weighted by atomic mass is 35.5. The van der Waals surface area contributed by atoms with E-state index in [0.717, 1.165) is 0 Å². The average Bonchev–Trinajstić information content (AvgIpc) is 2.81. The van der Waals surface area contributed by atoms with Crippen molar-refractivity contribution in [3.05, 3.63) is 55.0 Å². The van der Waals surface area contributed by atoms with E-state index in [1.807, 2.05) is 0 Å². The van der Waals surface area contributed by atoms with Crippen molar-refractivity contribution in [2.24, 2.45) is 0 Å². The highest BCUT2D eigenvalue weighted by molar-refractivity contribution is 6.43. The molecule has 2 N–H and O–H groups in total. The predicted molar refractivity (Wildman–Crippen MR) is 126 cm³/mol. The first-order chi connectivity index (χ1) is 16.2. The summed E-state index contributed by atoms with van der Waals surface area (Å²) in [7, 11) is 0. The molecule has 0 atom stereocenters. The monoisotopic (exact) mass is 552 g/mol. The molecular formula is C20H20Cl4N4O6. The maximum atomic E-state index is 11.5. The fourth-order valence-corrected chi connectivity index (χ4v) is 3.00. The van der Waals surface area contributed by atoms with Crippen LogP contribution in [0.1, 0.15) is 46.2 Å². The molecule has 0 saturated heterocycles. The van der Waals surface area contributed by atoms with Crippen molar-refractivity contribution in [1.29, 1.82) is 0 Å². The molecule has 14 heteroatoms. The van der Waals surface area contributed by atoms with Crippen LogP contribution in [0.3, 0.4) is 0 Å². The second-order valence-corrected chi connectivity index (χ2v) is 7.52. The van der Waals surface area contributed by atoms with Gasteiger partial charge in [-0.3, -0.25) is 9.59 Å². The number of carbonyl (C=O) groups excluding carboxylic acids is 4. The summed E-state index contributed by atoms with van der Waals surface area (Å²) in [5, 5.41) is 5.42. The summed E-state index contributed by atoms with van der Waals surface area (Å²) < 4.78 is 9.58. The Morgan fingerprint density at radius 2 is 1.41 bits per heavy atom. The Morgan fingerprint density at radius 1 is 0.853 bits per heavy atom. The van der Waals surface area contributed by atoms with Crippen LogP contribution in [-0.4, -0.2) is 47.9 Å². The lowest BCUT2D eigenvalue weighted by molar-refractivity contribution is -0.110. The molecule has 0 bridgehead atoms. The molecule has 0 fully saturated rings. The van der Waals surface area contributed by atoms with Crippen molar-refractivity contribution in [2.45, 2.75) is 26.9 Å². The number of nitrogens with one attached hydrogen (secondary N) is 2. The quantitative estimate of drug-likeness (QED) is 0.336.